The van der Waals surface area contributed by atoms with Gasteiger partial charge in [-0.1, -0.05) is 12.1 Å². The molecular formula is C16H15N3OS. The normalized spacial score (nSPS) is 10.5. The molecule has 3 aromatic rings. The maximum Gasteiger partial charge on any atom is 0.251 e. The first-order valence-corrected chi connectivity index (χ1v) is 7.61. The molecule has 0 spiro atoms. The second-order valence-corrected chi connectivity index (χ2v) is 5.62. The maximum atomic E-state index is 12.2. The van der Waals surface area contributed by atoms with E-state index in [2.05, 4.69) is 16.5 Å². The molecule has 2 aromatic heterocycles. The zero-order chi connectivity index (χ0) is 14.5. The van der Waals surface area contributed by atoms with E-state index in [9.17, 15) is 4.79 Å². The number of hydrogen-bond donors (Lipinski definition) is 1. The minimum Gasteiger partial charge on any atom is -0.352 e. The van der Waals surface area contributed by atoms with Gasteiger partial charge in [-0.15, -0.1) is 11.3 Å². The van der Waals surface area contributed by atoms with E-state index in [1.807, 2.05) is 48.0 Å². The lowest BCUT2D eigenvalue weighted by molar-refractivity contribution is 0.0954. The fourth-order valence-electron chi connectivity index (χ4n) is 2.07. The van der Waals surface area contributed by atoms with Crippen molar-refractivity contribution in [2.45, 2.75) is 6.42 Å². The predicted octanol–water partition coefficient (Wildman–Crippen LogP) is 2.91. The number of benzene rings is 1. The van der Waals surface area contributed by atoms with Crippen LogP contribution in [0.5, 0.6) is 0 Å². The van der Waals surface area contributed by atoms with Crippen LogP contribution in [0.4, 0.5) is 0 Å². The molecular weight excluding hydrogens is 282 g/mol. The summed E-state index contributed by atoms with van der Waals surface area (Å²) in [7, 11) is 0. The molecule has 2 heterocycles. The summed E-state index contributed by atoms with van der Waals surface area (Å²) in [6.07, 6.45) is 4.43. The molecule has 0 radical (unpaired) electrons. The van der Waals surface area contributed by atoms with Crippen LogP contribution in [0.25, 0.3) is 5.69 Å². The highest BCUT2D eigenvalue weighted by atomic mass is 32.1. The minimum absolute atomic E-state index is 0.0550. The smallest absolute Gasteiger partial charge is 0.251 e. The number of aromatic nitrogens is 2. The monoisotopic (exact) mass is 297 g/mol. The molecule has 0 aliphatic carbocycles. The first kappa shape index (κ1) is 13.6. The van der Waals surface area contributed by atoms with Crippen molar-refractivity contribution in [3.63, 3.8) is 0 Å². The van der Waals surface area contributed by atoms with Crippen molar-refractivity contribution in [3.05, 3.63) is 70.7 Å². The van der Waals surface area contributed by atoms with Gasteiger partial charge in [-0.25, -0.2) is 4.68 Å². The van der Waals surface area contributed by atoms with Crippen LogP contribution in [-0.2, 0) is 6.42 Å². The standard InChI is InChI=1S/C16H15N3OS/c20-16(17-9-7-15-6-2-11-21-15)13-4-1-5-14(12-13)19-10-3-8-18-19/h1-6,8,10-12H,7,9H2,(H,17,20). The van der Waals surface area contributed by atoms with E-state index in [-0.39, 0.29) is 5.91 Å². The van der Waals surface area contributed by atoms with Crippen molar-refractivity contribution in [1.29, 1.82) is 0 Å². The number of hydrogen-bond acceptors (Lipinski definition) is 3. The van der Waals surface area contributed by atoms with Crippen molar-refractivity contribution in [2.24, 2.45) is 0 Å². The molecule has 5 heteroatoms. The number of thiophene rings is 1. The Morgan fingerprint density at radius 3 is 2.95 bits per heavy atom. The number of rotatable bonds is 5. The number of carbonyl (C=O) groups is 1. The van der Waals surface area contributed by atoms with Crippen LogP contribution in [0.3, 0.4) is 0 Å². The summed E-state index contributed by atoms with van der Waals surface area (Å²) in [6, 6.07) is 13.4. The van der Waals surface area contributed by atoms with Gasteiger partial charge in [0.25, 0.3) is 5.91 Å². The summed E-state index contributed by atoms with van der Waals surface area (Å²) in [5.74, 6) is -0.0550. The Labute approximate surface area is 127 Å². The molecule has 1 N–H and O–H groups in total. The van der Waals surface area contributed by atoms with E-state index in [0.29, 0.717) is 12.1 Å². The average Bonchev–Trinajstić information content (AvgIpc) is 3.21. The highest BCUT2D eigenvalue weighted by molar-refractivity contribution is 7.09. The lowest BCUT2D eigenvalue weighted by atomic mass is 10.2. The number of nitrogens with zero attached hydrogens (tertiary/aromatic N) is 2. The molecule has 1 amide bonds. The third kappa shape index (κ3) is 3.38. The molecule has 0 aliphatic rings. The Morgan fingerprint density at radius 2 is 2.19 bits per heavy atom. The van der Waals surface area contributed by atoms with Crippen molar-refractivity contribution in [2.75, 3.05) is 6.54 Å². The van der Waals surface area contributed by atoms with E-state index in [1.165, 1.54) is 4.88 Å². The van der Waals surface area contributed by atoms with E-state index < -0.39 is 0 Å². The largest absolute Gasteiger partial charge is 0.352 e. The fourth-order valence-corrected chi connectivity index (χ4v) is 2.78. The molecule has 1 aromatic carbocycles. The summed E-state index contributed by atoms with van der Waals surface area (Å²) >= 11 is 1.71. The number of carbonyl (C=O) groups excluding carboxylic acids is 1. The Kier molecular flexibility index (Phi) is 4.12. The molecule has 0 saturated carbocycles. The maximum absolute atomic E-state index is 12.2. The zero-order valence-corrected chi connectivity index (χ0v) is 12.2. The first-order chi connectivity index (χ1) is 10.3. The van der Waals surface area contributed by atoms with Crippen molar-refractivity contribution in [1.82, 2.24) is 15.1 Å². The molecule has 0 aliphatic heterocycles. The van der Waals surface area contributed by atoms with Gasteiger partial charge in [0.1, 0.15) is 0 Å². The van der Waals surface area contributed by atoms with E-state index in [1.54, 1.807) is 22.2 Å². The molecule has 106 valence electrons. The summed E-state index contributed by atoms with van der Waals surface area (Å²) in [5, 5.41) is 9.16. The van der Waals surface area contributed by atoms with Gasteiger partial charge in [-0.05, 0) is 42.1 Å². The van der Waals surface area contributed by atoms with Crippen LogP contribution in [0.2, 0.25) is 0 Å². The number of amides is 1. The highest BCUT2D eigenvalue weighted by Gasteiger charge is 2.06. The predicted molar refractivity (Wildman–Crippen MR) is 83.9 cm³/mol. The molecule has 0 atom stereocenters. The minimum atomic E-state index is -0.0550. The third-order valence-electron chi connectivity index (χ3n) is 3.11. The van der Waals surface area contributed by atoms with Crippen LogP contribution < -0.4 is 5.32 Å². The van der Waals surface area contributed by atoms with Gasteiger partial charge >= 0.3 is 0 Å². The quantitative estimate of drug-likeness (QED) is 0.787. The van der Waals surface area contributed by atoms with Crippen molar-refractivity contribution in [3.8, 4) is 5.69 Å². The lowest BCUT2D eigenvalue weighted by Crippen LogP contribution is -2.25. The van der Waals surface area contributed by atoms with Crippen molar-refractivity contribution >= 4 is 17.2 Å². The topological polar surface area (TPSA) is 46.9 Å². The van der Waals surface area contributed by atoms with Crippen LogP contribution >= 0.6 is 11.3 Å². The van der Waals surface area contributed by atoms with E-state index >= 15 is 0 Å². The molecule has 4 nitrogen and oxygen atoms in total. The second kappa shape index (κ2) is 6.37. The van der Waals surface area contributed by atoms with Gasteiger partial charge in [0.2, 0.25) is 0 Å². The van der Waals surface area contributed by atoms with Gasteiger partial charge in [0, 0.05) is 29.4 Å². The average molecular weight is 297 g/mol. The molecule has 0 unspecified atom stereocenters. The van der Waals surface area contributed by atoms with Crippen LogP contribution in [0.15, 0.2) is 60.2 Å². The fraction of sp³-hybridized carbons (Fsp3) is 0.125. The van der Waals surface area contributed by atoms with E-state index in [0.717, 1.165) is 12.1 Å². The van der Waals surface area contributed by atoms with Gasteiger partial charge in [-0.2, -0.15) is 5.10 Å². The summed E-state index contributed by atoms with van der Waals surface area (Å²) in [5.41, 5.74) is 1.53. The summed E-state index contributed by atoms with van der Waals surface area (Å²) < 4.78 is 1.74. The highest BCUT2D eigenvalue weighted by Crippen LogP contribution is 2.10. The Hall–Kier alpha value is -2.40. The van der Waals surface area contributed by atoms with Gasteiger partial charge in [0.05, 0.1) is 5.69 Å². The first-order valence-electron chi connectivity index (χ1n) is 6.73. The third-order valence-corrected chi connectivity index (χ3v) is 4.05. The zero-order valence-electron chi connectivity index (χ0n) is 11.4. The second-order valence-electron chi connectivity index (χ2n) is 4.59. The van der Waals surface area contributed by atoms with Crippen molar-refractivity contribution < 1.29 is 4.79 Å². The molecule has 0 saturated heterocycles. The Morgan fingerprint density at radius 1 is 1.24 bits per heavy atom. The van der Waals surface area contributed by atoms with Gasteiger partial charge in [-0.3, -0.25) is 4.79 Å². The van der Waals surface area contributed by atoms with Crippen LogP contribution in [-0.4, -0.2) is 22.2 Å². The number of nitrogens with one attached hydrogen (secondary N) is 1. The Bertz CT molecular complexity index is 705. The lowest BCUT2D eigenvalue weighted by Gasteiger charge is -2.06. The van der Waals surface area contributed by atoms with Gasteiger partial charge < -0.3 is 5.32 Å². The molecule has 0 bridgehead atoms. The molecule has 0 fully saturated rings. The SMILES string of the molecule is O=C(NCCc1cccs1)c1cccc(-n2cccn2)c1. The Balaban J connectivity index is 1.63. The van der Waals surface area contributed by atoms with Gasteiger partial charge in [0.15, 0.2) is 0 Å². The van der Waals surface area contributed by atoms with Crippen LogP contribution in [0.1, 0.15) is 15.2 Å². The summed E-state index contributed by atoms with van der Waals surface area (Å²) in [6.45, 7) is 0.644. The molecule has 3 rings (SSSR count). The van der Waals surface area contributed by atoms with Crippen LogP contribution in [0, 0.1) is 0 Å². The van der Waals surface area contributed by atoms with E-state index in [4.69, 9.17) is 0 Å². The molecule has 21 heavy (non-hydrogen) atoms. The summed E-state index contributed by atoms with van der Waals surface area (Å²) in [4.78, 5) is 13.4.